The van der Waals surface area contributed by atoms with Gasteiger partial charge in [0.15, 0.2) is 0 Å². The van der Waals surface area contributed by atoms with Gasteiger partial charge in [-0.2, -0.15) is 0 Å². The van der Waals surface area contributed by atoms with E-state index in [2.05, 4.69) is 10.1 Å². The van der Waals surface area contributed by atoms with Gasteiger partial charge < -0.3 is 10.1 Å². The summed E-state index contributed by atoms with van der Waals surface area (Å²) < 4.78 is 28.5. The molecule has 0 aliphatic rings. The number of hydrogen-bond acceptors (Lipinski definition) is 5. The first-order valence-corrected chi connectivity index (χ1v) is 8.31. The van der Waals surface area contributed by atoms with Gasteiger partial charge in [-0.3, -0.25) is 9.59 Å². The number of sulfone groups is 1. The summed E-state index contributed by atoms with van der Waals surface area (Å²) in [5, 5.41) is 3.35. The topological polar surface area (TPSA) is 89.5 Å². The lowest BCUT2D eigenvalue weighted by Gasteiger charge is -2.03. The van der Waals surface area contributed by atoms with Gasteiger partial charge in [-0.15, -0.1) is 0 Å². The minimum Gasteiger partial charge on any atom is -0.469 e. The molecule has 1 amide bonds. The third-order valence-electron chi connectivity index (χ3n) is 2.63. The molecule has 120 valence electrons. The van der Waals surface area contributed by atoms with Crippen molar-refractivity contribution >= 4 is 33.3 Å². The van der Waals surface area contributed by atoms with Crippen molar-refractivity contribution in [2.45, 2.75) is 17.7 Å². The second-order valence-corrected chi connectivity index (χ2v) is 6.46. The van der Waals surface area contributed by atoms with Crippen LogP contribution in [0.3, 0.4) is 0 Å². The zero-order chi connectivity index (χ0) is 16.6. The van der Waals surface area contributed by atoms with E-state index in [9.17, 15) is 18.0 Å². The van der Waals surface area contributed by atoms with Gasteiger partial charge >= 0.3 is 5.97 Å². The second-order valence-electron chi connectivity index (χ2n) is 4.25. The summed E-state index contributed by atoms with van der Waals surface area (Å²) in [6, 6.07) is 5.96. The molecule has 0 atom stereocenters. The Kier molecular flexibility index (Phi) is 7.07. The molecule has 0 radical (unpaired) electrons. The van der Waals surface area contributed by atoms with Crippen LogP contribution in [0, 0.1) is 0 Å². The Labute approximate surface area is 134 Å². The summed E-state index contributed by atoms with van der Waals surface area (Å²) in [5.41, 5.74) is 0. The molecular weight excluding hydrogens is 330 g/mol. The third-order valence-corrected chi connectivity index (χ3v) is 4.53. The Bertz CT molecular complexity index is 670. The SMILES string of the molecule is COC(=O)CCCNC(=O)/C=C/S(=O)(=O)c1ccccc1Cl. The zero-order valence-corrected chi connectivity index (χ0v) is 13.5. The number of nitrogens with one attached hydrogen (secondary N) is 1. The molecule has 0 bridgehead atoms. The summed E-state index contributed by atoms with van der Waals surface area (Å²) in [4.78, 5) is 22.3. The van der Waals surface area contributed by atoms with Crippen molar-refractivity contribution in [2.75, 3.05) is 13.7 Å². The highest BCUT2D eigenvalue weighted by Gasteiger charge is 2.14. The number of carbonyl (C=O) groups is 2. The lowest BCUT2D eigenvalue weighted by molar-refractivity contribution is -0.140. The minimum absolute atomic E-state index is 0.0635. The fourth-order valence-electron chi connectivity index (χ4n) is 1.51. The smallest absolute Gasteiger partial charge is 0.305 e. The molecule has 6 nitrogen and oxygen atoms in total. The predicted octanol–water partition coefficient (Wildman–Crippen LogP) is 1.70. The summed E-state index contributed by atoms with van der Waals surface area (Å²) in [6.45, 7) is 0.240. The minimum atomic E-state index is -3.78. The Balaban J connectivity index is 2.55. The Morgan fingerprint density at radius 1 is 1.32 bits per heavy atom. The van der Waals surface area contributed by atoms with Crippen molar-refractivity contribution in [1.82, 2.24) is 5.32 Å². The van der Waals surface area contributed by atoms with Crippen molar-refractivity contribution in [3.63, 3.8) is 0 Å². The van der Waals surface area contributed by atoms with Crippen molar-refractivity contribution in [2.24, 2.45) is 0 Å². The van der Waals surface area contributed by atoms with Crippen molar-refractivity contribution < 1.29 is 22.7 Å². The average molecular weight is 346 g/mol. The van der Waals surface area contributed by atoms with Gasteiger partial charge in [0.2, 0.25) is 15.7 Å². The first-order valence-electron chi connectivity index (χ1n) is 6.39. The largest absolute Gasteiger partial charge is 0.469 e. The molecule has 1 N–H and O–H groups in total. The molecule has 8 heteroatoms. The number of ether oxygens (including phenoxy) is 1. The molecule has 0 unspecified atom stereocenters. The van der Waals surface area contributed by atoms with Gasteiger partial charge in [0.25, 0.3) is 0 Å². The molecule has 0 aliphatic carbocycles. The number of carbonyl (C=O) groups excluding carboxylic acids is 2. The van der Waals surface area contributed by atoms with Crippen LogP contribution in [0.15, 0.2) is 40.6 Å². The van der Waals surface area contributed by atoms with E-state index in [0.717, 1.165) is 11.5 Å². The standard InChI is InChI=1S/C14H16ClNO5S/c1-21-14(18)7-4-9-16-13(17)8-10-22(19,20)12-6-3-2-5-11(12)15/h2-3,5-6,8,10H,4,7,9H2,1H3,(H,16,17)/b10-8+. The van der Waals surface area contributed by atoms with Crippen LogP contribution < -0.4 is 5.32 Å². The summed E-state index contributed by atoms with van der Waals surface area (Å²) >= 11 is 5.81. The van der Waals surface area contributed by atoms with Crippen molar-refractivity contribution in [3.8, 4) is 0 Å². The number of halogens is 1. The van der Waals surface area contributed by atoms with Crippen molar-refractivity contribution in [1.29, 1.82) is 0 Å². The van der Waals surface area contributed by atoms with Crippen LogP contribution in [0.25, 0.3) is 0 Å². The molecule has 1 aromatic rings. The summed E-state index contributed by atoms with van der Waals surface area (Å²) in [5.74, 6) is -0.938. The van der Waals surface area contributed by atoms with E-state index in [1.165, 1.54) is 19.2 Å². The van der Waals surface area contributed by atoms with E-state index < -0.39 is 15.7 Å². The number of benzene rings is 1. The van der Waals surface area contributed by atoms with Crippen molar-refractivity contribution in [3.05, 3.63) is 40.8 Å². The van der Waals surface area contributed by atoms with E-state index in [-0.39, 0.29) is 28.9 Å². The number of hydrogen-bond donors (Lipinski definition) is 1. The van der Waals surface area contributed by atoms with E-state index in [1.54, 1.807) is 12.1 Å². The lowest BCUT2D eigenvalue weighted by atomic mass is 10.3. The van der Waals surface area contributed by atoms with Crippen LogP contribution in [-0.4, -0.2) is 33.9 Å². The van der Waals surface area contributed by atoms with E-state index >= 15 is 0 Å². The Morgan fingerprint density at radius 2 is 2.00 bits per heavy atom. The summed E-state index contributed by atoms with van der Waals surface area (Å²) in [6.07, 6.45) is 1.50. The highest BCUT2D eigenvalue weighted by molar-refractivity contribution is 7.94. The maximum atomic E-state index is 12.0. The molecule has 0 fully saturated rings. The molecule has 0 heterocycles. The molecule has 0 aliphatic heterocycles. The van der Waals surface area contributed by atoms with Crippen LogP contribution >= 0.6 is 11.6 Å². The first-order chi connectivity index (χ1) is 10.4. The normalized spacial score (nSPS) is 11.4. The Hall–Kier alpha value is -1.86. The molecule has 0 saturated heterocycles. The second kappa shape index (κ2) is 8.55. The summed E-state index contributed by atoms with van der Waals surface area (Å²) in [7, 11) is -2.50. The van der Waals surface area contributed by atoms with Gasteiger partial charge in [-0.25, -0.2) is 8.42 Å². The highest BCUT2D eigenvalue weighted by atomic mass is 35.5. The first kappa shape index (κ1) is 18.2. The molecule has 22 heavy (non-hydrogen) atoms. The molecule has 0 spiro atoms. The fraction of sp³-hybridized carbons (Fsp3) is 0.286. The fourth-order valence-corrected chi connectivity index (χ4v) is 3.02. The van der Waals surface area contributed by atoms with Gasteiger partial charge in [0.05, 0.1) is 17.0 Å². The Morgan fingerprint density at radius 3 is 2.64 bits per heavy atom. The maximum absolute atomic E-state index is 12.0. The molecule has 0 aromatic heterocycles. The van der Waals surface area contributed by atoms with Gasteiger partial charge in [-0.05, 0) is 18.6 Å². The molecule has 1 rings (SSSR count). The van der Waals surface area contributed by atoms with E-state index in [4.69, 9.17) is 11.6 Å². The maximum Gasteiger partial charge on any atom is 0.305 e. The third kappa shape index (κ3) is 5.87. The predicted molar refractivity (Wildman–Crippen MR) is 82.0 cm³/mol. The molecule has 1 aromatic carbocycles. The average Bonchev–Trinajstić information content (AvgIpc) is 2.49. The van der Waals surface area contributed by atoms with Crippen LogP contribution in [0.5, 0.6) is 0 Å². The highest BCUT2D eigenvalue weighted by Crippen LogP contribution is 2.22. The quantitative estimate of drug-likeness (QED) is 0.461. The molecular formula is C14H16ClNO5S. The van der Waals surface area contributed by atoms with Crippen LogP contribution in [-0.2, 0) is 24.2 Å². The van der Waals surface area contributed by atoms with Crippen LogP contribution in [0.4, 0.5) is 0 Å². The lowest BCUT2D eigenvalue weighted by Crippen LogP contribution is -2.23. The molecule has 0 saturated carbocycles. The van der Waals surface area contributed by atoms with Crippen LogP contribution in [0.2, 0.25) is 5.02 Å². The zero-order valence-electron chi connectivity index (χ0n) is 11.9. The van der Waals surface area contributed by atoms with Gasteiger partial charge in [-0.1, -0.05) is 23.7 Å². The monoisotopic (exact) mass is 345 g/mol. The van der Waals surface area contributed by atoms with Gasteiger partial charge in [0.1, 0.15) is 0 Å². The number of methoxy groups -OCH3 is 1. The number of rotatable bonds is 7. The van der Waals surface area contributed by atoms with Crippen LogP contribution in [0.1, 0.15) is 12.8 Å². The number of amides is 1. The number of esters is 1. The van der Waals surface area contributed by atoms with Gasteiger partial charge in [0, 0.05) is 24.4 Å². The van der Waals surface area contributed by atoms with E-state index in [1.807, 2.05) is 0 Å². The van der Waals surface area contributed by atoms with E-state index in [0.29, 0.717) is 6.42 Å².